The number of rotatable bonds is 7. The second-order valence-electron chi connectivity index (χ2n) is 5.33. The van der Waals surface area contributed by atoms with Crippen LogP contribution in [0.4, 0.5) is 4.79 Å². The number of urea groups is 1. The second-order valence-corrected chi connectivity index (χ2v) is 5.33. The highest BCUT2D eigenvalue weighted by atomic mass is 16.5. The third-order valence-corrected chi connectivity index (χ3v) is 3.55. The zero-order valence-corrected chi connectivity index (χ0v) is 13.5. The van der Waals surface area contributed by atoms with E-state index in [2.05, 4.69) is 5.32 Å². The molecule has 0 saturated heterocycles. The van der Waals surface area contributed by atoms with Crippen LogP contribution in [0.25, 0.3) is 11.0 Å². The zero-order valence-electron chi connectivity index (χ0n) is 13.5. The molecule has 0 unspecified atom stereocenters. The molecule has 0 aliphatic heterocycles. The van der Waals surface area contributed by atoms with E-state index in [1.54, 1.807) is 0 Å². The van der Waals surface area contributed by atoms with Gasteiger partial charge in [-0.1, -0.05) is 19.1 Å². The van der Waals surface area contributed by atoms with Gasteiger partial charge in [-0.3, -0.25) is 4.79 Å². The summed E-state index contributed by atoms with van der Waals surface area (Å²) in [6.45, 7) is 2.32. The van der Waals surface area contributed by atoms with Gasteiger partial charge in [-0.25, -0.2) is 9.59 Å². The van der Waals surface area contributed by atoms with E-state index < -0.39 is 17.6 Å². The van der Waals surface area contributed by atoms with E-state index >= 15 is 0 Å². The van der Waals surface area contributed by atoms with Crippen LogP contribution in [0, 0.1) is 0 Å². The van der Waals surface area contributed by atoms with E-state index in [1.807, 2.05) is 25.1 Å². The highest BCUT2D eigenvalue weighted by molar-refractivity contribution is 5.81. The molecule has 0 aliphatic rings. The lowest BCUT2D eigenvalue weighted by atomic mass is 10.1. The van der Waals surface area contributed by atoms with Gasteiger partial charge in [-0.15, -0.1) is 0 Å². The number of hydrogen-bond donors (Lipinski definition) is 2. The van der Waals surface area contributed by atoms with Crippen molar-refractivity contribution in [1.29, 1.82) is 0 Å². The Kier molecular flexibility index (Phi) is 5.95. The van der Waals surface area contributed by atoms with Crippen LogP contribution in [0.3, 0.4) is 0 Å². The van der Waals surface area contributed by atoms with Gasteiger partial charge in [0.25, 0.3) is 0 Å². The molecule has 0 bridgehead atoms. The number of hydrogen-bond acceptors (Lipinski definition) is 5. The van der Waals surface area contributed by atoms with Gasteiger partial charge in [0.1, 0.15) is 12.2 Å². The summed E-state index contributed by atoms with van der Waals surface area (Å²) >= 11 is 0. The Morgan fingerprint density at radius 2 is 2.08 bits per heavy atom. The van der Waals surface area contributed by atoms with Crippen molar-refractivity contribution >= 4 is 23.0 Å². The first-order chi connectivity index (χ1) is 11.5. The topological polar surface area (TPSA) is 112 Å². The van der Waals surface area contributed by atoms with Crippen LogP contribution in [-0.2, 0) is 22.6 Å². The summed E-state index contributed by atoms with van der Waals surface area (Å²) in [6, 6.07) is 6.32. The number of carbonyl (C=O) groups is 2. The molecule has 0 aliphatic carbocycles. The molecule has 0 fully saturated rings. The Morgan fingerprint density at radius 1 is 1.29 bits per heavy atom. The smallest absolute Gasteiger partial charge is 0.336 e. The quantitative estimate of drug-likeness (QED) is 0.456. The van der Waals surface area contributed by atoms with E-state index in [1.165, 1.54) is 6.07 Å². The van der Waals surface area contributed by atoms with Crippen molar-refractivity contribution in [2.24, 2.45) is 5.73 Å². The van der Waals surface area contributed by atoms with E-state index in [4.69, 9.17) is 14.9 Å². The fourth-order valence-electron chi connectivity index (χ4n) is 2.29. The number of nitrogens with one attached hydrogen (secondary N) is 1. The first-order valence-electron chi connectivity index (χ1n) is 7.74. The van der Waals surface area contributed by atoms with E-state index in [9.17, 15) is 14.4 Å². The van der Waals surface area contributed by atoms with Crippen LogP contribution in [0.5, 0.6) is 0 Å². The van der Waals surface area contributed by atoms with Crippen molar-refractivity contribution in [2.45, 2.75) is 32.8 Å². The van der Waals surface area contributed by atoms with Crippen molar-refractivity contribution in [2.75, 3.05) is 6.54 Å². The van der Waals surface area contributed by atoms with Crippen molar-refractivity contribution in [3.05, 3.63) is 45.8 Å². The first kappa shape index (κ1) is 17.5. The lowest BCUT2D eigenvalue weighted by molar-refractivity contribution is -0.145. The molecule has 1 aromatic carbocycles. The molecule has 3 N–H and O–H groups in total. The molecule has 2 amide bonds. The summed E-state index contributed by atoms with van der Waals surface area (Å²) < 4.78 is 10.4. The van der Waals surface area contributed by atoms with Gasteiger partial charge in [-0.05, 0) is 24.5 Å². The third-order valence-electron chi connectivity index (χ3n) is 3.55. The molecule has 24 heavy (non-hydrogen) atoms. The molecule has 2 aromatic rings. The molecule has 1 aromatic heterocycles. The summed E-state index contributed by atoms with van der Waals surface area (Å²) in [5, 5.41) is 3.14. The number of fused-ring (bicyclic) bond motifs is 1. The number of carbonyl (C=O) groups excluding carboxylic acids is 2. The number of ether oxygens (including phenoxy) is 1. The largest absolute Gasteiger partial charge is 0.461 e. The molecule has 0 atom stereocenters. The fourth-order valence-corrected chi connectivity index (χ4v) is 2.29. The predicted octanol–water partition coefficient (Wildman–Crippen LogP) is 1.85. The standard InChI is InChI=1S/C17H20N2O5/c1-2-11-5-6-13-12(9-16(21)24-14(13)8-11)10-23-15(20)4-3-7-19-17(18)22/h5-6,8-9H,2-4,7,10H2,1H3,(H3,18,19,22). The molecule has 128 valence electrons. The fraction of sp³-hybridized carbons (Fsp3) is 0.353. The Labute approximate surface area is 138 Å². The highest BCUT2D eigenvalue weighted by Crippen LogP contribution is 2.20. The Bertz CT molecular complexity index is 797. The molecule has 7 nitrogen and oxygen atoms in total. The summed E-state index contributed by atoms with van der Waals surface area (Å²) in [7, 11) is 0. The number of esters is 1. The first-order valence-corrected chi connectivity index (χ1v) is 7.74. The van der Waals surface area contributed by atoms with E-state index in [0.29, 0.717) is 24.1 Å². The van der Waals surface area contributed by atoms with Gasteiger partial charge in [0.05, 0.1) is 0 Å². The van der Waals surface area contributed by atoms with Gasteiger partial charge < -0.3 is 20.2 Å². The predicted molar refractivity (Wildman–Crippen MR) is 88.5 cm³/mol. The van der Waals surface area contributed by atoms with Crippen LogP contribution < -0.4 is 16.7 Å². The Morgan fingerprint density at radius 3 is 2.79 bits per heavy atom. The zero-order chi connectivity index (χ0) is 17.5. The summed E-state index contributed by atoms with van der Waals surface area (Å²) in [4.78, 5) is 33.9. The van der Waals surface area contributed by atoms with Crippen molar-refractivity contribution in [1.82, 2.24) is 5.32 Å². The molecule has 1 heterocycles. The Hall–Kier alpha value is -2.83. The monoisotopic (exact) mass is 332 g/mol. The van der Waals surface area contributed by atoms with Crippen LogP contribution >= 0.6 is 0 Å². The maximum absolute atomic E-state index is 11.7. The van der Waals surface area contributed by atoms with Gasteiger partial charge >= 0.3 is 17.6 Å². The van der Waals surface area contributed by atoms with E-state index in [0.717, 1.165) is 17.4 Å². The number of aryl methyl sites for hydroxylation is 1. The molecule has 7 heteroatoms. The van der Waals surface area contributed by atoms with Crippen molar-refractivity contribution in [3.8, 4) is 0 Å². The van der Waals surface area contributed by atoms with Crippen molar-refractivity contribution < 1.29 is 18.7 Å². The summed E-state index contributed by atoms with van der Waals surface area (Å²) in [6.07, 6.45) is 1.41. The van der Waals surface area contributed by atoms with Crippen molar-refractivity contribution in [3.63, 3.8) is 0 Å². The molecule has 2 rings (SSSR count). The summed E-state index contributed by atoms with van der Waals surface area (Å²) in [5.41, 5.74) is 6.59. The normalized spacial score (nSPS) is 10.5. The van der Waals surface area contributed by atoms with Gasteiger partial charge in [0.15, 0.2) is 0 Å². The number of amides is 2. The van der Waals surface area contributed by atoms with Crippen LogP contribution in [0.15, 0.2) is 33.5 Å². The highest BCUT2D eigenvalue weighted by Gasteiger charge is 2.09. The minimum atomic E-state index is -0.628. The Balaban J connectivity index is 2.00. The van der Waals surface area contributed by atoms with Crippen LogP contribution in [-0.4, -0.2) is 18.5 Å². The molecular weight excluding hydrogens is 312 g/mol. The average molecular weight is 332 g/mol. The molecular formula is C17H20N2O5. The number of nitrogens with two attached hydrogens (primary N) is 1. The minimum Gasteiger partial charge on any atom is -0.461 e. The second kappa shape index (κ2) is 8.14. The average Bonchev–Trinajstić information content (AvgIpc) is 2.55. The third kappa shape index (κ3) is 4.84. The number of benzene rings is 1. The minimum absolute atomic E-state index is 0.00431. The summed E-state index contributed by atoms with van der Waals surface area (Å²) in [5.74, 6) is -0.409. The maximum Gasteiger partial charge on any atom is 0.336 e. The molecule has 0 radical (unpaired) electrons. The SMILES string of the molecule is CCc1ccc2c(COC(=O)CCCNC(N)=O)cc(=O)oc2c1. The van der Waals surface area contributed by atoms with Gasteiger partial charge in [0, 0.05) is 30.0 Å². The van der Waals surface area contributed by atoms with Crippen LogP contribution in [0.1, 0.15) is 30.9 Å². The van der Waals surface area contributed by atoms with Gasteiger partial charge in [-0.2, -0.15) is 0 Å². The van der Waals surface area contributed by atoms with E-state index in [-0.39, 0.29) is 13.0 Å². The lowest BCUT2D eigenvalue weighted by Crippen LogP contribution is -2.30. The lowest BCUT2D eigenvalue weighted by Gasteiger charge is -2.08. The maximum atomic E-state index is 11.7. The molecule has 0 spiro atoms. The number of primary amides is 1. The van der Waals surface area contributed by atoms with Crippen LogP contribution in [0.2, 0.25) is 0 Å². The van der Waals surface area contributed by atoms with Gasteiger partial charge in [0.2, 0.25) is 0 Å². The molecule has 0 saturated carbocycles.